The minimum Gasteiger partial charge on any atom is -0.444 e. The highest BCUT2D eigenvalue weighted by atomic mass is 32.1. The maximum atomic E-state index is 11.5. The molecule has 1 rings (SSSR count). The van der Waals surface area contributed by atoms with Gasteiger partial charge in [0.15, 0.2) is 0 Å². The van der Waals surface area contributed by atoms with E-state index >= 15 is 0 Å². The molecule has 1 N–H and O–H groups in total. The van der Waals surface area contributed by atoms with Crippen molar-refractivity contribution in [1.29, 1.82) is 0 Å². The highest BCUT2D eigenvalue weighted by Gasteiger charge is 2.15. The Morgan fingerprint density at radius 3 is 2.30 bits per heavy atom. The van der Waals surface area contributed by atoms with E-state index in [1.807, 2.05) is 45.0 Å². The molecule has 0 aliphatic rings. The average molecular weight is 311 g/mol. The molecule has 0 saturated heterocycles. The summed E-state index contributed by atoms with van der Waals surface area (Å²) in [6.07, 6.45) is 1.09. The van der Waals surface area contributed by atoms with Crippen molar-refractivity contribution in [3.8, 4) is 0 Å². The third-order valence-corrected chi connectivity index (χ3v) is 2.76. The first-order chi connectivity index (χ1) is 9.26. The van der Waals surface area contributed by atoms with E-state index in [-0.39, 0.29) is 6.09 Å². The van der Waals surface area contributed by atoms with Crippen molar-refractivity contribution in [2.45, 2.75) is 39.2 Å². The first-order valence-electron chi connectivity index (χ1n) is 6.53. The predicted octanol–water partition coefficient (Wildman–Crippen LogP) is 3.55. The zero-order valence-corrected chi connectivity index (χ0v) is 13.8. The highest BCUT2D eigenvalue weighted by molar-refractivity contribution is 8.11. The molecule has 0 aliphatic heterocycles. The van der Waals surface area contributed by atoms with E-state index < -0.39 is 5.60 Å². The van der Waals surface area contributed by atoms with Gasteiger partial charge in [-0.25, -0.2) is 4.79 Å². The van der Waals surface area contributed by atoms with Gasteiger partial charge in [-0.15, -0.1) is 12.6 Å². The van der Waals surface area contributed by atoms with Gasteiger partial charge in [-0.05, 0) is 38.3 Å². The molecule has 0 unspecified atom stereocenters. The number of nitrogens with one attached hydrogen (secondary N) is 1. The molecule has 1 aromatic rings. The van der Waals surface area contributed by atoms with Gasteiger partial charge in [0.2, 0.25) is 0 Å². The van der Waals surface area contributed by atoms with Gasteiger partial charge in [0, 0.05) is 17.2 Å². The summed E-state index contributed by atoms with van der Waals surface area (Å²) in [4.78, 5) is 11.5. The second-order valence-corrected chi connectivity index (χ2v) is 6.90. The molecule has 1 amide bonds. The molecular weight excluding hydrogens is 290 g/mol. The van der Waals surface area contributed by atoms with Gasteiger partial charge in [-0.2, -0.15) is 0 Å². The van der Waals surface area contributed by atoms with E-state index in [9.17, 15) is 4.79 Å². The Morgan fingerprint density at radius 2 is 1.80 bits per heavy atom. The van der Waals surface area contributed by atoms with Gasteiger partial charge in [-0.1, -0.05) is 36.5 Å². The van der Waals surface area contributed by atoms with Crippen molar-refractivity contribution in [2.24, 2.45) is 0 Å². The Morgan fingerprint density at radius 1 is 1.25 bits per heavy atom. The second kappa shape index (κ2) is 7.64. The van der Waals surface area contributed by atoms with Gasteiger partial charge >= 0.3 is 6.09 Å². The van der Waals surface area contributed by atoms with Gasteiger partial charge < -0.3 is 10.1 Å². The topological polar surface area (TPSA) is 38.3 Å². The molecule has 3 nitrogen and oxygen atoms in total. The lowest BCUT2D eigenvalue weighted by Gasteiger charge is -2.19. The van der Waals surface area contributed by atoms with E-state index in [1.54, 1.807) is 0 Å². The number of ether oxygens (including phenoxy) is 1. The predicted molar refractivity (Wildman–Crippen MR) is 89.7 cm³/mol. The molecule has 0 heterocycles. The van der Waals surface area contributed by atoms with Gasteiger partial charge in [0.25, 0.3) is 0 Å². The number of amides is 1. The van der Waals surface area contributed by atoms with Crippen molar-refractivity contribution in [1.82, 2.24) is 5.32 Å². The molecule has 0 spiro atoms. The number of carbonyl (C=O) groups is 1. The summed E-state index contributed by atoms with van der Waals surface area (Å²) in [6.45, 7) is 6.09. The number of hydrogen-bond donors (Lipinski definition) is 2. The molecule has 0 aliphatic carbocycles. The molecule has 0 fully saturated rings. The summed E-state index contributed by atoms with van der Waals surface area (Å²) in [5, 5.41) is 2.74. The zero-order chi connectivity index (χ0) is 15.2. The quantitative estimate of drug-likeness (QED) is 0.645. The van der Waals surface area contributed by atoms with Crippen LogP contribution in [0.2, 0.25) is 0 Å². The van der Waals surface area contributed by atoms with Crippen LogP contribution >= 0.6 is 24.8 Å². The Bertz CT molecular complexity index is 464. The fraction of sp³-hybridized carbons (Fsp3) is 0.467. The lowest BCUT2D eigenvalue weighted by molar-refractivity contribution is 0.0528. The van der Waals surface area contributed by atoms with Crippen LogP contribution in [0.3, 0.4) is 0 Å². The molecule has 110 valence electrons. The molecule has 0 atom stereocenters. The fourth-order valence-electron chi connectivity index (χ4n) is 1.62. The molecular formula is C15H21NO2S2. The van der Waals surface area contributed by atoms with E-state index in [2.05, 4.69) is 17.9 Å². The normalized spacial score (nSPS) is 11.0. The first-order valence-corrected chi connectivity index (χ1v) is 7.38. The van der Waals surface area contributed by atoms with Gasteiger partial charge in [0.05, 0.1) is 0 Å². The van der Waals surface area contributed by atoms with Crippen LogP contribution in [0.1, 0.15) is 31.9 Å². The van der Waals surface area contributed by atoms with E-state index in [0.29, 0.717) is 17.2 Å². The second-order valence-electron chi connectivity index (χ2n) is 5.57. The van der Waals surface area contributed by atoms with Crippen LogP contribution in [0.25, 0.3) is 0 Å². The number of hydrogen-bond acceptors (Lipinski definition) is 3. The van der Waals surface area contributed by atoms with Gasteiger partial charge in [-0.3, -0.25) is 0 Å². The lowest BCUT2D eigenvalue weighted by atomic mass is 10.1. The smallest absolute Gasteiger partial charge is 0.407 e. The highest BCUT2D eigenvalue weighted by Crippen LogP contribution is 2.08. The Labute approximate surface area is 131 Å². The fourth-order valence-corrected chi connectivity index (χ4v) is 1.97. The maximum Gasteiger partial charge on any atom is 0.407 e. The van der Waals surface area contributed by atoms with Crippen LogP contribution in [-0.4, -0.2) is 22.4 Å². The number of alkyl carbamates (subject to hydrolysis) is 1. The van der Waals surface area contributed by atoms with Crippen LogP contribution in [0.5, 0.6) is 0 Å². The van der Waals surface area contributed by atoms with Crippen LogP contribution in [-0.2, 0) is 17.6 Å². The summed E-state index contributed by atoms with van der Waals surface area (Å²) in [6, 6.07) is 8.15. The molecule has 0 bridgehead atoms. The van der Waals surface area contributed by atoms with Crippen molar-refractivity contribution < 1.29 is 9.53 Å². The molecule has 0 saturated carbocycles. The number of thiol groups is 1. The third-order valence-electron chi connectivity index (χ3n) is 2.46. The van der Waals surface area contributed by atoms with E-state index in [1.165, 1.54) is 0 Å². The van der Waals surface area contributed by atoms with Crippen LogP contribution in [0.4, 0.5) is 4.79 Å². The minimum absolute atomic E-state index is 0.380. The Hall–Kier alpha value is -1.07. The standard InChI is InChI=1S/C15H21NO2S2/c1-15(2,3)18-14(17)16-9-8-11-4-6-12(7-5-11)10-13(19)20/h4-7H,8-10H2,1-3H3,(H,16,17)(H,19,20). The monoisotopic (exact) mass is 311 g/mol. The summed E-state index contributed by atoms with van der Waals surface area (Å²) < 4.78 is 5.85. The molecule has 1 aromatic carbocycles. The summed E-state index contributed by atoms with van der Waals surface area (Å²) >= 11 is 9.07. The Balaban J connectivity index is 2.35. The number of benzene rings is 1. The van der Waals surface area contributed by atoms with Crippen molar-refractivity contribution in [3.63, 3.8) is 0 Å². The largest absolute Gasteiger partial charge is 0.444 e. The van der Waals surface area contributed by atoms with Crippen molar-refractivity contribution in [2.75, 3.05) is 6.54 Å². The zero-order valence-electron chi connectivity index (χ0n) is 12.1. The number of thiocarbonyl (C=S) groups is 1. The van der Waals surface area contributed by atoms with Crippen LogP contribution in [0.15, 0.2) is 24.3 Å². The maximum absolute atomic E-state index is 11.5. The van der Waals surface area contributed by atoms with Crippen molar-refractivity contribution >= 4 is 35.1 Å². The summed E-state index contributed by atoms with van der Waals surface area (Å²) in [5.41, 5.74) is 1.85. The van der Waals surface area contributed by atoms with Crippen LogP contribution in [0, 0.1) is 0 Å². The van der Waals surface area contributed by atoms with E-state index in [4.69, 9.17) is 17.0 Å². The summed E-state index contributed by atoms with van der Waals surface area (Å²) in [5.74, 6) is 0. The number of carbonyl (C=O) groups excluding carboxylic acids is 1. The third kappa shape index (κ3) is 7.50. The number of rotatable bonds is 5. The van der Waals surface area contributed by atoms with E-state index in [0.717, 1.165) is 17.5 Å². The van der Waals surface area contributed by atoms with Crippen LogP contribution < -0.4 is 5.32 Å². The SMILES string of the molecule is CC(C)(C)OC(=O)NCCc1ccc(CC(=S)S)cc1. The van der Waals surface area contributed by atoms with Crippen molar-refractivity contribution in [3.05, 3.63) is 35.4 Å². The average Bonchev–Trinajstić information content (AvgIpc) is 2.28. The first kappa shape index (κ1) is 17.0. The molecule has 0 radical (unpaired) electrons. The lowest BCUT2D eigenvalue weighted by Crippen LogP contribution is -2.33. The molecule has 5 heteroatoms. The molecule has 0 aromatic heterocycles. The summed E-state index contributed by atoms with van der Waals surface area (Å²) in [7, 11) is 0. The molecule has 20 heavy (non-hydrogen) atoms. The Kier molecular flexibility index (Phi) is 6.49. The minimum atomic E-state index is -0.461. The van der Waals surface area contributed by atoms with Gasteiger partial charge in [0.1, 0.15) is 5.60 Å².